The van der Waals surface area contributed by atoms with E-state index >= 15 is 0 Å². The number of aliphatic hydroxyl groups excluding tert-OH is 2. The van der Waals surface area contributed by atoms with Crippen molar-refractivity contribution < 1.29 is 45.5 Å². The van der Waals surface area contributed by atoms with Gasteiger partial charge in [-0.2, -0.15) is 0 Å². The second kappa shape index (κ2) is 15.9. The first-order valence-corrected chi connectivity index (χ1v) is 8.47. The first-order chi connectivity index (χ1) is 13.2. The number of carbonyl (C=O) groups excluding carboxylic acids is 1. The quantitative estimate of drug-likeness (QED) is 0.269. The van der Waals surface area contributed by atoms with Crippen LogP contribution in [0.4, 0.5) is 0 Å². The standard InChI is InChI=1S/C21H23O4.CH2O.W/c1-2-4-19(23)16-25-21-11-7-18(8-12-21)15-17-5-9-20(10-6-17)24-14-3-13-22;1-2;/h1,3,5-12,19,22-23H,4,13-16H2;1H2;/q-1;;. The summed E-state index contributed by atoms with van der Waals surface area (Å²) in [6, 6.07) is 15.7. The van der Waals surface area contributed by atoms with Crippen molar-refractivity contribution in [2.75, 3.05) is 19.8 Å². The third kappa shape index (κ3) is 10.3. The van der Waals surface area contributed by atoms with Crippen molar-refractivity contribution in [3.05, 3.63) is 66.1 Å². The van der Waals surface area contributed by atoms with Crippen molar-refractivity contribution in [1.29, 1.82) is 0 Å². The topological polar surface area (TPSA) is 76.0 Å². The molecule has 0 fully saturated rings. The molecule has 0 spiro atoms. The molecular formula is C22H25O5W-. The van der Waals surface area contributed by atoms with E-state index in [1.165, 1.54) is 11.1 Å². The van der Waals surface area contributed by atoms with Gasteiger partial charge in [0.05, 0.1) is 6.10 Å². The van der Waals surface area contributed by atoms with E-state index in [4.69, 9.17) is 25.8 Å². The number of benzene rings is 2. The minimum Gasteiger partial charge on any atom is -0.525 e. The molecule has 28 heavy (non-hydrogen) atoms. The summed E-state index contributed by atoms with van der Waals surface area (Å²) in [5, 5.41) is 18.3. The molecule has 0 radical (unpaired) electrons. The van der Waals surface area contributed by atoms with Gasteiger partial charge in [0.1, 0.15) is 24.9 Å². The zero-order chi connectivity index (χ0) is 19.9. The molecule has 0 aromatic heterocycles. The summed E-state index contributed by atoms with van der Waals surface area (Å²) in [6.45, 7) is 2.60. The van der Waals surface area contributed by atoms with E-state index in [0.29, 0.717) is 12.4 Å². The molecule has 0 heterocycles. The van der Waals surface area contributed by atoms with Crippen LogP contribution in [0.3, 0.4) is 0 Å². The maximum Gasteiger partial charge on any atom is 0.119 e. The number of aliphatic hydroxyl groups is 2. The molecule has 0 aliphatic heterocycles. The second-order valence-corrected chi connectivity index (χ2v) is 5.62. The molecular weight excluding hydrogens is 528 g/mol. The Balaban J connectivity index is 0.00000235. The Morgan fingerprint density at radius 2 is 1.50 bits per heavy atom. The van der Waals surface area contributed by atoms with Crippen molar-refractivity contribution in [3.63, 3.8) is 0 Å². The molecule has 150 valence electrons. The van der Waals surface area contributed by atoms with Gasteiger partial charge in [0.25, 0.3) is 0 Å². The Morgan fingerprint density at radius 3 is 1.96 bits per heavy atom. The van der Waals surface area contributed by atoms with Gasteiger partial charge in [0.15, 0.2) is 0 Å². The van der Waals surface area contributed by atoms with E-state index in [1.807, 2.05) is 55.3 Å². The first-order valence-electron chi connectivity index (χ1n) is 8.47. The fourth-order valence-electron chi connectivity index (χ4n) is 2.24. The van der Waals surface area contributed by atoms with Gasteiger partial charge >= 0.3 is 0 Å². The average molecular weight is 553 g/mol. The van der Waals surface area contributed by atoms with Crippen LogP contribution in [0.5, 0.6) is 11.5 Å². The van der Waals surface area contributed by atoms with Gasteiger partial charge in [-0.25, -0.2) is 0 Å². The van der Waals surface area contributed by atoms with Crippen LogP contribution >= 0.6 is 0 Å². The molecule has 0 aliphatic rings. The molecule has 2 aromatic rings. The minimum atomic E-state index is -0.639. The maximum atomic E-state index is 9.56. The number of hydrogen-bond acceptors (Lipinski definition) is 5. The van der Waals surface area contributed by atoms with Gasteiger partial charge in [-0.3, -0.25) is 6.42 Å². The summed E-state index contributed by atoms with van der Waals surface area (Å²) in [4.78, 5) is 8.00. The molecule has 2 aromatic carbocycles. The van der Waals surface area contributed by atoms with Gasteiger partial charge in [0.2, 0.25) is 0 Å². The Hall–Kier alpha value is -2.12. The van der Waals surface area contributed by atoms with Crippen LogP contribution in [-0.2, 0) is 32.3 Å². The molecule has 0 aliphatic carbocycles. The Kier molecular flexibility index (Phi) is 14.7. The largest absolute Gasteiger partial charge is 0.525 e. The Morgan fingerprint density at radius 1 is 1.00 bits per heavy atom. The smallest absolute Gasteiger partial charge is 0.119 e. The monoisotopic (exact) mass is 553 g/mol. The summed E-state index contributed by atoms with van der Waals surface area (Å²) < 4.78 is 11.0. The third-order valence-corrected chi connectivity index (χ3v) is 3.55. The molecule has 1 atom stereocenters. The van der Waals surface area contributed by atoms with Gasteiger partial charge in [-0.1, -0.05) is 30.9 Å². The van der Waals surface area contributed by atoms with E-state index in [9.17, 15) is 5.11 Å². The van der Waals surface area contributed by atoms with Crippen LogP contribution in [0.15, 0.2) is 48.5 Å². The van der Waals surface area contributed by atoms with E-state index in [0.717, 1.165) is 12.2 Å². The molecule has 2 N–H and O–H groups in total. The Labute approximate surface area is 181 Å². The minimum absolute atomic E-state index is 0. The molecule has 5 nitrogen and oxygen atoms in total. The predicted molar refractivity (Wildman–Crippen MR) is 105 cm³/mol. The van der Waals surface area contributed by atoms with Crippen molar-refractivity contribution in [1.82, 2.24) is 0 Å². The number of rotatable bonds is 10. The fourth-order valence-corrected chi connectivity index (χ4v) is 2.24. The van der Waals surface area contributed by atoms with E-state index < -0.39 is 6.10 Å². The van der Waals surface area contributed by atoms with Crippen LogP contribution < -0.4 is 9.47 Å². The molecule has 6 heteroatoms. The van der Waals surface area contributed by atoms with Crippen molar-refractivity contribution in [2.24, 2.45) is 0 Å². The van der Waals surface area contributed by atoms with Crippen LogP contribution in [0.1, 0.15) is 17.5 Å². The van der Waals surface area contributed by atoms with E-state index in [2.05, 4.69) is 5.92 Å². The van der Waals surface area contributed by atoms with Crippen molar-refractivity contribution in [2.45, 2.75) is 18.9 Å². The van der Waals surface area contributed by atoms with E-state index in [-0.39, 0.29) is 40.7 Å². The molecule has 1 unspecified atom stereocenters. The molecule has 0 saturated carbocycles. The SMILES string of the molecule is C#CCC(O)COc1ccc(Cc2ccc(OC[CH-]CO)cc2)cc1.C=O.[W]. The van der Waals surface area contributed by atoms with Gasteiger partial charge in [-0.05, 0) is 48.4 Å². The zero-order valence-electron chi connectivity index (χ0n) is 15.6. The van der Waals surface area contributed by atoms with Crippen LogP contribution in [0.25, 0.3) is 0 Å². The second-order valence-electron chi connectivity index (χ2n) is 5.62. The van der Waals surface area contributed by atoms with Gasteiger partial charge in [0, 0.05) is 27.5 Å². The number of ether oxygens (including phenoxy) is 2. The van der Waals surface area contributed by atoms with Gasteiger partial charge in [-0.15, -0.1) is 12.3 Å². The van der Waals surface area contributed by atoms with Crippen LogP contribution in [-0.4, -0.2) is 42.9 Å². The van der Waals surface area contributed by atoms with Crippen LogP contribution in [0, 0.1) is 18.8 Å². The van der Waals surface area contributed by atoms with Gasteiger partial charge < -0.3 is 24.5 Å². The van der Waals surface area contributed by atoms with Crippen molar-refractivity contribution >= 4 is 6.79 Å². The van der Waals surface area contributed by atoms with E-state index in [1.54, 1.807) is 6.42 Å². The normalized spacial score (nSPS) is 10.5. The number of hydrogen-bond donors (Lipinski definition) is 2. The summed E-state index contributed by atoms with van der Waals surface area (Å²) in [7, 11) is 0. The maximum absolute atomic E-state index is 9.56. The fraction of sp³-hybridized carbons (Fsp3) is 0.273. The first kappa shape index (κ1) is 25.9. The molecule has 0 saturated heterocycles. The Bertz CT molecular complexity index is 680. The number of terminal acetylenes is 1. The molecule has 0 bridgehead atoms. The third-order valence-electron chi connectivity index (χ3n) is 3.55. The predicted octanol–water partition coefficient (Wildman–Crippen LogP) is 2.43. The summed E-state index contributed by atoms with van der Waals surface area (Å²) in [5.41, 5.74) is 2.34. The molecule has 0 amide bonds. The van der Waals surface area contributed by atoms with Crippen molar-refractivity contribution in [3.8, 4) is 23.8 Å². The summed E-state index contributed by atoms with van der Waals surface area (Å²) >= 11 is 0. The molecule has 2 rings (SSSR count). The zero-order valence-corrected chi connectivity index (χ0v) is 18.6. The van der Waals surface area contributed by atoms with Crippen LogP contribution in [0.2, 0.25) is 0 Å². The average Bonchev–Trinajstić information content (AvgIpc) is 2.71. The summed E-state index contributed by atoms with van der Waals surface area (Å²) in [6.07, 6.45) is 7.26. The number of carbonyl (C=O) groups is 1. The summed E-state index contributed by atoms with van der Waals surface area (Å²) in [5.74, 6) is 3.90.